The summed E-state index contributed by atoms with van der Waals surface area (Å²) in [6, 6.07) is -2.23. The summed E-state index contributed by atoms with van der Waals surface area (Å²) in [5.74, 6) is -3.23. The van der Waals surface area contributed by atoms with Crippen LogP contribution in [0.15, 0.2) is 0 Å². The van der Waals surface area contributed by atoms with E-state index < -0.39 is 44.5 Å². The van der Waals surface area contributed by atoms with Crippen molar-refractivity contribution in [2.24, 2.45) is 0 Å². The minimum Gasteiger partial charge on any atom is -0.480 e. The number of nitrogens with one attached hydrogen (secondary N) is 2. The van der Waals surface area contributed by atoms with Crippen molar-refractivity contribution in [3.05, 3.63) is 0 Å². The van der Waals surface area contributed by atoms with E-state index in [0.29, 0.717) is 0 Å². The number of amides is 2. The predicted molar refractivity (Wildman–Crippen MR) is 110 cm³/mol. The summed E-state index contributed by atoms with van der Waals surface area (Å²) < 4.78 is -1.81. The molecule has 0 aliphatic carbocycles. The molecule has 0 saturated carbocycles. The number of carboxylic acid groups (broad SMARTS) is 2. The van der Waals surface area contributed by atoms with Crippen LogP contribution in [0, 0.1) is 0 Å². The fraction of sp³-hybridized carbons (Fsp3) is 0.714. The van der Waals surface area contributed by atoms with Crippen LogP contribution < -0.4 is 10.6 Å². The van der Waals surface area contributed by atoms with Crippen LogP contribution in [0.25, 0.3) is 0 Å². The van der Waals surface area contributed by atoms with Crippen LogP contribution in [-0.4, -0.2) is 66.2 Å². The molecule has 2 amide bonds. The van der Waals surface area contributed by atoms with E-state index in [2.05, 4.69) is 42.5 Å². The van der Waals surface area contributed by atoms with Crippen molar-refractivity contribution >= 4 is 77.2 Å². The highest BCUT2D eigenvalue weighted by molar-refractivity contribution is 9.10. The Kier molecular flexibility index (Phi) is 10.6. The SMILES string of the molecule is CC(C)(Br)C(=O)N[C@@H](CSSC[C@H](NC(=O)C(C)(C)Br)C(=O)O)C(=O)O. The molecule has 0 rings (SSSR count). The second-order valence-corrected chi connectivity index (χ2v) is 12.8. The van der Waals surface area contributed by atoms with E-state index in [1.54, 1.807) is 27.7 Å². The van der Waals surface area contributed by atoms with Crippen LogP contribution >= 0.6 is 53.4 Å². The molecule has 0 aromatic carbocycles. The Labute approximate surface area is 176 Å². The van der Waals surface area contributed by atoms with E-state index in [1.807, 2.05) is 0 Å². The summed E-state index contributed by atoms with van der Waals surface area (Å²) >= 11 is 6.30. The highest BCUT2D eigenvalue weighted by Gasteiger charge is 2.30. The number of alkyl halides is 2. The van der Waals surface area contributed by atoms with E-state index in [9.17, 15) is 29.4 Å². The van der Waals surface area contributed by atoms with Gasteiger partial charge < -0.3 is 20.8 Å². The lowest BCUT2D eigenvalue weighted by Gasteiger charge is -2.21. The molecule has 12 heteroatoms. The van der Waals surface area contributed by atoms with Crippen LogP contribution in [0.3, 0.4) is 0 Å². The third kappa shape index (κ3) is 10.0. The fourth-order valence-electron chi connectivity index (χ4n) is 1.24. The third-order valence-corrected chi connectivity index (χ3v) is 5.98. The van der Waals surface area contributed by atoms with Gasteiger partial charge in [0.2, 0.25) is 11.8 Å². The van der Waals surface area contributed by atoms with E-state index in [1.165, 1.54) is 0 Å². The average molecular weight is 538 g/mol. The normalized spacial score (nSPS) is 14.2. The van der Waals surface area contributed by atoms with Crippen molar-refractivity contribution in [1.82, 2.24) is 10.6 Å². The molecule has 0 aromatic rings. The van der Waals surface area contributed by atoms with E-state index >= 15 is 0 Å². The molecule has 2 atom stereocenters. The molecule has 4 N–H and O–H groups in total. The van der Waals surface area contributed by atoms with Gasteiger partial charge in [0.25, 0.3) is 0 Å². The number of carbonyl (C=O) groups excluding carboxylic acids is 2. The van der Waals surface area contributed by atoms with Gasteiger partial charge in [-0.1, -0.05) is 53.4 Å². The van der Waals surface area contributed by atoms with Gasteiger partial charge in [-0.05, 0) is 27.7 Å². The number of halogens is 2. The van der Waals surface area contributed by atoms with E-state index in [4.69, 9.17) is 0 Å². The van der Waals surface area contributed by atoms with Crippen molar-refractivity contribution in [1.29, 1.82) is 0 Å². The smallest absolute Gasteiger partial charge is 0.327 e. The first-order chi connectivity index (χ1) is 11.7. The second kappa shape index (κ2) is 10.8. The molecule has 0 aliphatic heterocycles. The Bertz CT molecular complexity index is 501. The predicted octanol–water partition coefficient (Wildman–Crippen LogP) is 1.85. The highest BCUT2D eigenvalue weighted by atomic mass is 79.9. The zero-order valence-electron chi connectivity index (χ0n) is 14.7. The summed E-state index contributed by atoms with van der Waals surface area (Å²) in [4.78, 5) is 46.2. The van der Waals surface area contributed by atoms with Gasteiger partial charge in [0.05, 0.1) is 8.65 Å². The lowest BCUT2D eigenvalue weighted by atomic mass is 10.2. The fourth-order valence-corrected chi connectivity index (χ4v) is 3.78. The lowest BCUT2D eigenvalue weighted by molar-refractivity contribution is -0.141. The Hall–Kier alpha value is -0.460. The Morgan fingerprint density at radius 1 is 0.808 bits per heavy atom. The summed E-state index contributed by atoms with van der Waals surface area (Å²) in [7, 11) is 2.20. The van der Waals surface area contributed by atoms with Gasteiger partial charge in [0.1, 0.15) is 12.1 Å². The molecule has 0 fully saturated rings. The third-order valence-electron chi connectivity index (χ3n) is 2.84. The zero-order chi connectivity index (χ0) is 20.7. The molecule has 0 radical (unpaired) electrons. The van der Waals surface area contributed by atoms with Crippen molar-refractivity contribution in [3.8, 4) is 0 Å². The summed E-state index contributed by atoms with van der Waals surface area (Å²) in [5.41, 5.74) is 0. The van der Waals surface area contributed by atoms with Crippen molar-refractivity contribution in [2.75, 3.05) is 11.5 Å². The van der Waals surface area contributed by atoms with Gasteiger partial charge in [0, 0.05) is 11.5 Å². The molecular weight excluding hydrogens is 516 g/mol. The Balaban J connectivity index is 4.57. The second-order valence-electron chi connectivity index (χ2n) is 6.24. The average Bonchev–Trinajstić information content (AvgIpc) is 2.45. The largest absolute Gasteiger partial charge is 0.480 e. The molecule has 0 bridgehead atoms. The number of carboxylic acids is 2. The maximum absolute atomic E-state index is 11.9. The van der Waals surface area contributed by atoms with Crippen LogP contribution in [0.2, 0.25) is 0 Å². The highest BCUT2D eigenvalue weighted by Crippen LogP contribution is 2.24. The Morgan fingerprint density at radius 3 is 1.27 bits per heavy atom. The molecule has 0 aliphatic rings. The van der Waals surface area contributed by atoms with Crippen LogP contribution in [0.1, 0.15) is 27.7 Å². The van der Waals surface area contributed by atoms with Crippen molar-refractivity contribution < 1.29 is 29.4 Å². The number of hydrogen-bond acceptors (Lipinski definition) is 6. The first-order valence-electron chi connectivity index (χ1n) is 7.36. The standard InChI is InChI=1S/C14H22Br2N2O6S2/c1-13(2,15)11(23)17-7(9(19)20)5-25-26-6-8(10(21)22)18-12(24)14(3,4)16/h7-8H,5-6H2,1-4H3,(H,17,23)(H,18,24)(H,19,20)(H,21,22)/t7-,8-/m0/s1. The summed E-state index contributed by atoms with van der Waals surface area (Å²) in [6.45, 7) is 6.37. The molecular formula is C14H22Br2N2O6S2. The minimum atomic E-state index is -1.19. The van der Waals surface area contributed by atoms with Crippen LogP contribution in [0.4, 0.5) is 0 Å². The molecule has 26 heavy (non-hydrogen) atoms. The molecule has 0 heterocycles. The monoisotopic (exact) mass is 536 g/mol. The number of carbonyl (C=O) groups is 4. The quantitative estimate of drug-likeness (QED) is 0.178. The van der Waals surface area contributed by atoms with Gasteiger partial charge in [-0.15, -0.1) is 0 Å². The Morgan fingerprint density at radius 2 is 1.08 bits per heavy atom. The molecule has 0 saturated heterocycles. The first-order valence-corrected chi connectivity index (χ1v) is 11.4. The topological polar surface area (TPSA) is 133 Å². The van der Waals surface area contributed by atoms with Crippen LogP contribution in [-0.2, 0) is 19.2 Å². The van der Waals surface area contributed by atoms with E-state index in [0.717, 1.165) is 21.6 Å². The van der Waals surface area contributed by atoms with Crippen LogP contribution in [0.5, 0.6) is 0 Å². The molecule has 150 valence electrons. The van der Waals surface area contributed by atoms with Gasteiger partial charge >= 0.3 is 11.9 Å². The van der Waals surface area contributed by atoms with Gasteiger partial charge in [-0.25, -0.2) is 9.59 Å². The summed E-state index contributed by atoms with van der Waals surface area (Å²) in [6.07, 6.45) is 0. The maximum Gasteiger partial charge on any atom is 0.327 e. The summed E-state index contributed by atoms with van der Waals surface area (Å²) in [5, 5.41) is 23.2. The van der Waals surface area contributed by atoms with Gasteiger partial charge in [0.15, 0.2) is 0 Å². The van der Waals surface area contributed by atoms with E-state index in [-0.39, 0.29) is 11.5 Å². The molecule has 0 unspecified atom stereocenters. The molecule has 8 nitrogen and oxygen atoms in total. The minimum absolute atomic E-state index is 0.0407. The first kappa shape index (κ1) is 25.5. The maximum atomic E-state index is 11.9. The lowest BCUT2D eigenvalue weighted by Crippen LogP contribution is -2.49. The van der Waals surface area contributed by atoms with Crippen molar-refractivity contribution in [2.45, 2.75) is 48.4 Å². The van der Waals surface area contributed by atoms with Gasteiger partial charge in [-0.2, -0.15) is 0 Å². The number of rotatable bonds is 11. The molecule has 0 aromatic heterocycles. The van der Waals surface area contributed by atoms with Crippen molar-refractivity contribution in [3.63, 3.8) is 0 Å². The zero-order valence-corrected chi connectivity index (χ0v) is 19.5. The molecule has 0 spiro atoms. The number of aliphatic carboxylic acids is 2. The van der Waals surface area contributed by atoms with Gasteiger partial charge in [-0.3, -0.25) is 9.59 Å². The number of hydrogen-bond donors (Lipinski definition) is 4.